The third-order valence-corrected chi connectivity index (χ3v) is 3.38. The molecule has 1 unspecified atom stereocenters. The normalized spacial score (nSPS) is 22.1. The van der Waals surface area contributed by atoms with Crippen LogP contribution in [0.15, 0.2) is 24.3 Å². The minimum atomic E-state index is -0.423. The van der Waals surface area contributed by atoms with E-state index in [1.165, 1.54) is 0 Å². The van der Waals surface area contributed by atoms with Gasteiger partial charge in [0, 0.05) is 17.8 Å². The van der Waals surface area contributed by atoms with Crippen LogP contribution in [0.2, 0.25) is 0 Å². The van der Waals surface area contributed by atoms with E-state index in [9.17, 15) is 4.79 Å². The number of hydrogen-bond acceptors (Lipinski definition) is 3. The van der Waals surface area contributed by atoms with Crippen molar-refractivity contribution in [1.29, 1.82) is 5.26 Å². The van der Waals surface area contributed by atoms with Crippen LogP contribution in [0.4, 0.5) is 5.69 Å². The molecule has 0 aromatic heterocycles. The molecular weight excluding hydrogens is 238 g/mol. The number of carbonyl (C=O) groups is 1. The highest BCUT2D eigenvalue weighted by Gasteiger charge is 2.38. The Morgan fingerprint density at radius 3 is 2.79 bits per heavy atom. The Bertz CT molecular complexity index is 530. The van der Waals surface area contributed by atoms with Crippen LogP contribution in [-0.4, -0.2) is 24.0 Å². The van der Waals surface area contributed by atoms with Gasteiger partial charge in [0.25, 0.3) is 0 Å². The van der Waals surface area contributed by atoms with Gasteiger partial charge in [-0.1, -0.05) is 18.2 Å². The molecular formula is C15H19N3O. The minimum Gasteiger partial charge on any atom is -0.309 e. The van der Waals surface area contributed by atoms with Crippen LogP contribution in [0.25, 0.3) is 0 Å². The summed E-state index contributed by atoms with van der Waals surface area (Å²) >= 11 is 0. The number of aryl methyl sites for hydroxylation is 1. The van der Waals surface area contributed by atoms with Gasteiger partial charge in [0.15, 0.2) is 0 Å². The number of carbonyl (C=O) groups excluding carboxylic acids is 1. The van der Waals surface area contributed by atoms with Gasteiger partial charge < -0.3 is 4.90 Å². The highest BCUT2D eigenvalue weighted by molar-refractivity contribution is 5.99. The molecule has 1 N–H and O–H groups in total. The summed E-state index contributed by atoms with van der Waals surface area (Å²) in [7, 11) is 0. The SMILES string of the molecule is Cc1ccccc1N1CC(C)(C)NC(CC#N)C1=O. The summed E-state index contributed by atoms with van der Waals surface area (Å²) in [4.78, 5) is 14.3. The fourth-order valence-electron chi connectivity index (χ4n) is 2.54. The first-order valence-electron chi connectivity index (χ1n) is 6.46. The van der Waals surface area contributed by atoms with Gasteiger partial charge in [-0.2, -0.15) is 5.26 Å². The average Bonchev–Trinajstić information content (AvgIpc) is 2.34. The van der Waals surface area contributed by atoms with Crippen LogP contribution < -0.4 is 10.2 Å². The first-order valence-corrected chi connectivity index (χ1v) is 6.46. The van der Waals surface area contributed by atoms with Crippen molar-refractivity contribution in [2.24, 2.45) is 0 Å². The van der Waals surface area contributed by atoms with Crippen LogP contribution in [0.5, 0.6) is 0 Å². The Hall–Kier alpha value is -1.86. The number of benzene rings is 1. The molecule has 1 amide bonds. The summed E-state index contributed by atoms with van der Waals surface area (Å²) < 4.78 is 0. The predicted molar refractivity (Wildman–Crippen MR) is 74.8 cm³/mol. The molecule has 4 heteroatoms. The summed E-state index contributed by atoms with van der Waals surface area (Å²) in [5, 5.41) is 12.1. The second-order valence-electron chi connectivity index (χ2n) is 5.65. The lowest BCUT2D eigenvalue weighted by Crippen LogP contribution is -2.65. The largest absolute Gasteiger partial charge is 0.309 e. The molecule has 1 atom stereocenters. The van der Waals surface area contributed by atoms with Gasteiger partial charge in [0.2, 0.25) is 5.91 Å². The molecule has 0 spiro atoms. The van der Waals surface area contributed by atoms with E-state index in [2.05, 4.69) is 25.2 Å². The maximum absolute atomic E-state index is 12.5. The third kappa shape index (κ3) is 2.77. The molecule has 0 radical (unpaired) electrons. The Balaban J connectivity index is 2.36. The number of nitrogens with zero attached hydrogens (tertiary/aromatic N) is 2. The number of anilines is 1. The number of piperazine rings is 1. The topological polar surface area (TPSA) is 56.1 Å². The van der Waals surface area contributed by atoms with Gasteiger partial charge in [0.05, 0.1) is 12.5 Å². The number of hydrogen-bond donors (Lipinski definition) is 1. The molecule has 1 aromatic carbocycles. The average molecular weight is 257 g/mol. The highest BCUT2D eigenvalue weighted by atomic mass is 16.2. The predicted octanol–water partition coefficient (Wildman–Crippen LogP) is 1.99. The first kappa shape index (κ1) is 13.6. The van der Waals surface area contributed by atoms with Crippen molar-refractivity contribution in [1.82, 2.24) is 5.32 Å². The van der Waals surface area contributed by atoms with Crippen molar-refractivity contribution in [3.63, 3.8) is 0 Å². The molecule has 2 rings (SSSR count). The second kappa shape index (κ2) is 5.02. The van der Waals surface area contributed by atoms with Gasteiger partial charge in [-0.3, -0.25) is 10.1 Å². The molecule has 0 aliphatic carbocycles. The van der Waals surface area contributed by atoms with Crippen molar-refractivity contribution in [3.8, 4) is 6.07 Å². The molecule has 0 bridgehead atoms. The molecule has 1 aliphatic heterocycles. The number of rotatable bonds is 2. The van der Waals surface area contributed by atoms with Gasteiger partial charge in [-0.25, -0.2) is 0 Å². The summed E-state index contributed by atoms with van der Waals surface area (Å²) in [5.41, 5.74) is 1.81. The Morgan fingerprint density at radius 2 is 2.16 bits per heavy atom. The lowest BCUT2D eigenvalue weighted by atomic mass is 9.95. The van der Waals surface area contributed by atoms with E-state index in [0.717, 1.165) is 11.3 Å². The number of para-hydroxylation sites is 1. The van der Waals surface area contributed by atoms with Crippen molar-refractivity contribution in [2.75, 3.05) is 11.4 Å². The van der Waals surface area contributed by atoms with Gasteiger partial charge >= 0.3 is 0 Å². The maximum atomic E-state index is 12.5. The standard InChI is InChI=1S/C15H19N3O/c1-11-6-4-5-7-13(11)18-10-15(2,3)17-12(8-9-16)14(18)19/h4-7,12,17H,8,10H2,1-3H3. The van der Waals surface area contributed by atoms with Crippen LogP contribution in [0, 0.1) is 18.3 Å². The van der Waals surface area contributed by atoms with Crippen LogP contribution in [-0.2, 0) is 4.79 Å². The number of amides is 1. The second-order valence-corrected chi connectivity index (χ2v) is 5.65. The smallest absolute Gasteiger partial charge is 0.245 e. The number of nitrogens with one attached hydrogen (secondary N) is 1. The summed E-state index contributed by atoms with van der Waals surface area (Å²) in [6, 6.07) is 9.51. The molecule has 1 aromatic rings. The van der Waals surface area contributed by atoms with E-state index in [4.69, 9.17) is 5.26 Å². The Morgan fingerprint density at radius 1 is 1.47 bits per heavy atom. The van der Waals surface area contributed by atoms with Crippen LogP contribution in [0.1, 0.15) is 25.8 Å². The molecule has 1 heterocycles. The molecule has 1 fully saturated rings. The quantitative estimate of drug-likeness (QED) is 0.881. The lowest BCUT2D eigenvalue weighted by molar-refractivity contribution is -0.122. The fraction of sp³-hybridized carbons (Fsp3) is 0.467. The minimum absolute atomic E-state index is 0.0184. The van der Waals surface area contributed by atoms with E-state index >= 15 is 0 Å². The Kier molecular flexibility index (Phi) is 3.59. The zero-order valence-corrected chi connectivity index (χ0v) is 11.6. The van der Waals surface area contributed by atoms with Gasteiger partial charge in [-0.05, 0) is 32.4 Å². The van der Waals surface area contributed by atoms with Crippen molar-refractivity contribution < 1.29 is 4.79 Å². The first-order chi connectivity index (χ1) is 8.94. The fourth-order valence-corrected chi connectivity index (χ4v) is 2.54. The summed E-state index contributed by atoms with van der Waals surface area (Å²) in [6.45, 7) is 6.71. The van der Waals surface area contributed by atoms with Gasteiger partial charge in [-0.15, -0.1) is 0 Å². The number of nitriles is 1. The van der Waals surface area contributed by atoms with E-state index in [1.54, 1.807) is 4.90 Å². The molecule has 19 heavy (non-hydrogen) atoms. The van der Waals surface area contributed by atoms with Crippen molar-refractivity contribution >= 4 is 11.6 Å². The van der Waals surface area contributed by atoms with Gasteiger partial charge in [0.1, 0.15) is 6.04 Å². The van der Waals surface area contributed by atoms with E-state index in [0.29, 0.717) is 6.54 Å². The Labute approximate surface area is 114 Å². The maximum Gasteiger partial charge on any atom is 0.245 e. The molecule has 100 valence electrons. The highest BCUT2D eigenvalue weighted by Crippen LogP contribution is 2.26. The van der Waals surface area contributed by atoms with Crippen LogP contribution >= 0.6 is 0 Å². The van der Waals surface area contributed by atoms with Crippen molar-refractivity contribution in [3.05, 3.63) is 29.8 Å². The summed E-state index contributed by atoms with van der Waals surface area (Å²) in [6.07, 6.45) is 0.199. The van der Waals surface area contributed by atoms with E-state index in [1.807, 2.05) is 31.2 Å². The molecule has 4 nitrogen and oxygen atoms in total. The zero-order chi connectivity index (χ0) is 14.0. The summed E-state index contributed by atoms with van der Waals surface area (Å²) in [5.74, 6) is -0.0184. The van der Waals surface area contributed by atoms with E-state index in [-0.39, 0.29) is 17.9 Å². The lowest BCUT2D eigenvalue weighted by Gasteiger charge is -2.43. The molecule has 1 saturated heterocycles. The van der Waals surface area contributed by atoms with E-state index < -0.39 is 6.04 Å². The van der Waals surface area contributed by atoms with Crippen LogP contribution in [0.3, 0.4) is 0 Å². The monoisotopic (exact) mass is 257 g/mol. The van der Waals surface area contributed by atoms with Crippen molar-refractivity contribution in [2.45, 2.75) is 38.8 Å². The third-order valence-electron chi connectivity index (χ3n) is 3.38. The molecule has 0 saturated carbocycles. The zero-order valence-electron chi connectivity index (χ0n) is 11.6. The molecule has 1 aliphatic rings.